The topological polar surface area (TPSA) is 48.6 Å². The Balaban J connectivity index is 1.26. The SMILES string of the molecule is O=C1CCCN1C[C@@H]1CO[C@@H]2CN(Cc3cccc4[nH]ccc34)C[C@H]12. The Labute approximate surface area is 147 Å². The molecule has 1 aromatic heterocycles. The van der Waals surface area contributed by atoms with Crippen molar-refractivity contribution in [1.29, 1.82) is 0 Å². The largest absolute Gasteiger partial charge is 0.376 e. The maximum absolute atomic E-state index is 11.9. The number of aromatic amines is 1. The van der Waals surface area contributed by atoms with Crippen molar-refractivity contribution < 1.29 is 9.53 Å². The number of benzene rings is 1. The van der Waals surface area contributed by atoms with Crippen LogP contribution in [0.5, 0.6) is 0 Å². The van der Waals surface area contributed by atoms with Crippen LogP contribution in [0.2, 0.25) is 0 Å². The van der Waals surface area contributed by atoms with Crippen LogP contribution in [-0.2, 0) is 16.1 Å². The monoisotopic (exact) mass is 339 g/mol. The number of carbonyl (C=O) groups excluding carboxylic acids is 1. The first-order valence-electron chi connectivity index (χ1n) is 9.44. The van der Waals surface area contributed by atoms with Crippen LogP contribution in [0.1, 0.15) is 18.4 Å². The second-order valence-electron chi connectivity index (χ2n) is 7.79. The normalized spacial score (nSPS) is 29.8. The standard InChI is InChI=1S/C20H25N3O2/c24-20-5-2-8-23(20)10-15-13-25-19-12-22(11-17(15)19)9-14-3-1-4-18-16(14)6-7-21-18/h1,3-4,6-7,15,17,19,21H,2,5,8-13H2/t15-,17-,19-/m1/s1. The van der Waals surface area contributed by atoms with Gasteiger partial charge in [0.15, 0.2) is 0 Å². The second kappa shape index (κ2) is 6.15. The van der Waals surface area contributed by atoms with Gasteiger partial charge in [0.25, 0.3) is 0 Å². The highest BCUT2D eigenvalue weighted by Gasteiger charge is 2.44. The average Bonchev–Trinajstić information content (AvgIpc) is 3.35. The molecule has 0 aliphatic carbocycles. The minimum atomic E-state index is 0.331. The van der Waals surface area contributed by atoms with E-state index in [-0.39, 0.29) is 0 Å². The first-order chi connectivity index (χ1) is 12.3. The predicted octanol–water partition coefficient (Wildman–Crippen LogP) is 2.24. The van der Waals surface area contributed by atoms with Crippen molar-refractivity contribution in [2.24, 2.45) is 11.8 Å². The lowest BCUT2D eigenvalue weighted by Gasteiger charge is -2.24. The van der Waals surface area contributed by atoms with Crippen molar-refractivity contribution in [3.63, 3.8) is 0 Å². The molecule has 0 radical (unpaired) electrons. The van der Waals surface area contributed by atoms with E-state index in [0.29, 0.717) is 23.8 Å². The third kappa shape index (κ3) is 2.75. The number of amides is 1. The Bertz CT molecular complexity index is 786. The van der Waals surface area contributed by atoms with Gasteiger partial charge in [0.1, 0.15) is 0 Å². The molecule has 0 unspecified atom stereocenters. The zero-order chi connectivity index (χ0) is 16.8. The summed E-state index contributed by atoms with van der Waals surface area (Å²) in [7, 11) is 0. The summed E-state index contributed by atoms with van der Waals surface area (Å²) in [4.78, 5) is 19.8. The van der Waals surface area contributed by atoms with Crippen LogP contribution in [0.25, 0.3) is 10.9 Å². The molecule has 3 fully saturated rings. The highest BCUT2D eigenvalue weighted by atomic mass is 16.5. The highest BCUT2D eigenvalue weighted by molar-refractivity contribution is 5.82. The zero-order valence-corrected chi connectivity index (χ0v) is 14.5. The number of likely N-dealkylation sites (tertiary alicyclic amines) is 2. The van der Waals surface area contributed by atoms with Crippen molar-refractivity contribution in [1.82, 2.24) is 14.8 Å². The third-order valence-corrected chi connectivity index (χ3v) is 6.22. The molecular weight excluding hydrogens is 314 g/mol. The molecule has 132 valence electrons. The van der Waals surface area contributed by atoms with Crippen LogP contribution >= 0.6 is 0 Å². The van der Waals surface area contributed by atoms with Gasteiger partial charge in [-0.1, -0.05) is 12.1 Å². The van der Waals surface area contributed by atoms with E-state index in [1.165, 1.54) is 16.5 Å². The van der Waals surface area contributed by atoms with Crippen molar-refractivity contribution in [2.45, 2.75) is 25.5 Å². The molecule has 2 aromatic rings. The van der Waals surface area contributed by atoms with Crippen molar-refractivity contribution in [3.8, 4) is 0 Å². The summed E-state index contributed by atoms with van der Waals surface area (Å²) in [5.41, 5.74) is 2.59. The summed E-state index contributed by atoms with van der Waals surface area (Å²) in [5, 5.41) is 1.32. The number of ether oxygens (including phenoxy) is 1. The molecule has 0 saturated carbocycles. The lowest BCUT2D eigenvalue weighted by atomic mass is 9.93. The first kappa shape index (κ1) is 15.4. The molecule has 5 rings (SSSR count). The van der Waals surface area contributed by atoms with Gasteiger partial charge in [0.05, 0.1) is 12.7 Å². The lowest BCUT2D eigenvalue weighted by Crippen LogP contribution is -2.35. The van der Waals surface area contributed by atoms with Crippen molar-refractivity contribution in [2.75, 3.05) is 32.8 Å². The van der Waals surface area contributed by atoms with Gasteiger partial charge in [-0.3, -0.25) is 9.69 Å². The molecule has 3 saturated heterocycles. The lowest BCUT2D eigenvalue weighted by molar-refractivity contribution is -0.128. The number of carbonyl (C=O) groups is 1. The van der Waals surface area contributed by atoms with Gasteiger partial charge in [-0.25, -0.2) is 0 Å². The van der Waals surface area contributed by atoms with E-state index in [1.807, 2.05) is 6.20 Å². The Morgan fingerprint density at radius 1 is 1.24 bits per heavy atom. The molecule has 0 bridgehead atoms. The van der Waals surface area contributed by atoms with E-state index < -0.39 is 0 Å². The number of nitrogens with zero attached hydrogens (tertiary/aromatic N) is 2. The van der Waals surface area contributed by atoms with Crippen molar-refractivity contribution >= 4 is 16.8 Å². The van der Waals surface area contributed by atoms with Crippen LogP contribution in [0.3, 0.4) is 0 Å². The molecule has 3 aliphatic rings. The average molecular weight is 339 g/mol. The van der Waals surface area contributed by atoms with E-state index in [9.17, 15) is 4.79 Å². The van der Waals surface area contributed by atoms with Crippen LogP contribution in [0, 0.1) is 11.8 Å². The fourth-order valence-electron chi connectivity index (χ4n) is 4.91. The number of aromatic nitrogens is 1. The fraction of sp³-hybridized carbons (Fsp3) is 0.550. The fourth-order valence-corrected chi connectivity index (χ4v) is 4.91. The number of nitrogens with one attached hydrogen (secondary N) is 1. The maximum atomic E-state index is 11.9. The molecule has 1 aromatic carbocycles. The molecule has 25 heavy (non-hydrogen) atoms. The van der Waals surface area contributed by atoms with E-state index in [4.69, 9.17) is 4.74 Å². The van der Waals surface area contributed by atoms with E-state index in [0.717, 1.165) is 52.2 Å². The Kier molecular flexibility index (Phi) is 3.79. The predicted molar refractivity (Wildman–Crippen MR) is 96.1 cm³/mol. The molecule has 3 aliphatic heterocycles. The Morgan fingerprint density at radius 3 is 3.08 bits per heavy atom. The molecule has 5 nitrogen and oxygen atoms in total. The summed E-state index contributed by atoms with van der Waals surface area (Å²) in [6.07, 6.45) is 4.11. The van der Waals surface area contributed by atoms with Crippen molar-refractivity contribution in [3.05, 3.63) is 36.0 Å². The summed E-state index contributed by atoms with van der Waals surface area (Å²) < 4.78 is 6.09. The second-order valence-corrected chi connectivity index (χ2v) is 7.79. The number of hydrogen-bond donors (Lipinski definition) is 1. The van der Waals surface area contributed by atoms with Crippen LogP contribution in [0.4, 0.5) is 0 Å². The molecule has 0 spiro atoms. The number of rotatable bonds is 4. The highest BCUT2D eigenvalue weighted by Crippen LogP contribution is 2.35. The van der Waals surface area contributed by atoms with Crippen LogP contribution in [0.15, 0.2) is 30.5 Å². The molecule has 5 heteroatoms. The van der Waals surface area contributed by atoms with Crippen LogP contribution in [-0.4, -0.2) is 59.6 Å². The Morgan fingerprint density at radius 2 is 2.20 bits per heavy atom. The molecule has 1 N–H and O–H groups in total. The van der Waals surface area contributed by atoms with Gasteiger partial charge in [0.2, 0.25) is 5.91 Å². The molecule has 4 heterocycles. The van der Waals surface area contributed by atoms with Gasteiger partial charge in [0, 0.05) is 68.1 Å². The summed E-state index contributed by atoms with van der Waals surface area (Å²) in [6.45, 7) is 5.71. The maximum Gasteiger partial charge on any atom is 0.222 e. The Hall–Kier alpha value is -1.85. The minimum absolute atomic E-state index is 0.331. The smallest absolute Gasteiger partial charge is 0.222 e. The number of hydrogen-bond acceptors (Lipinski definition) is 3. The van der Waals surface area contributed by atoms with Gasteiger partial charge in [-0.15, -0.1) is 0 Å². The van der Waals surface area contributed by atoms with Crippen LogP contribution < -0.4 is 0 Å². The summed E-state index contributed by atoms with van der Waals surface area (Å²) in [5.74, 6) is 1.40. The molecule has 3 atom stereocenters. The van der Waals surface area contributed by atoms with Gasteiger partial charge in [-0.2, -0.15) is 0 Å². The van der Waals surface area contributed by atoms with E-state index in [1.54, 1.807) is 0 Å². The van der Waals surface area contributed by atoms with Gasteiger partial charge in [-0.05, 0) is 24.1 Å². The summed E-state index contributed by atoms with van der Waals surface area (Å²) in [6, 6.07) is 8.65. The molecule has 1 amide bonds. The van der Waals surface area contributed by atoms with E-state index >= 15 is 0 Å². The summed E-state index contributed by atoms with van der Waals surface area (Å²) >= 11 is 0. The molecular formula is C20H25N3O2. The first-order valence-corrected chi connectivity index (χ1v) is 9.44. The van der Waals surface area contributed by atoms with Gasteiger partial charge < -0.3 is 14.6 Å². The minimum Gasteiger partial charge on any atom is -0.376 e. The van der Waals surface area contributed by atoms with Gasteiger partial charge >= 0.3 is 0 Å². The third-order valence-electron chi connectivity index (χ3n) is 6.22. The number of fused-ring (bicyclic) bond motifs is 2. The van der Waals surface area contributed by atoms with E-state index in [2.05, 4.69) is 39.0 Å². The quantitative estimate of drug-likeness (QED) is 0.929. The number of H-pyrrole nitrogens is 1. The zero-order valence-electron chi connectivity index (χ0n) is 14.5.